The van der Waals surface area contributed by atoms with Crippen LogP contribution in [0.25, 0.3) is 0 Å². The molecule has 1 saturated heterocycles. The number of thiophene rings is 1. The third-order valence-corrected chi connectivity index (χ3v) is 7.77. The minimum absolute atomic E-state index is 0.00840. The Hall–Kier alpha value is -2.58. The number of rotatable bonds is 13. The number of esters is 1. The van der Waals surface area contributed by atoms with Gasteiger partial charge in [-0.05, 0) is 55.7 Å². The molecule has 2 aromatic rings. The van der Waals surface area contributed by atoms with Gasteiger partial charge in [0.15, 0.2) is 0 Å². The molecule has 0 saturated carbocycles. The molecule has 36 heavy (non-hydrogen) atoms. The molecule has 0 unspecified atom stereocenters. The van der Waals surface area contributed by atoms with Crippen molar-refractivity contribution in [1.29, 1.82) is 0 Å². The fraction of sp³-hybridized carbons (Fsp3) is 0.500. The Bertz CT molecular complexity index is 1020. The van der Waals surface area contributed by atoms with Crippen molar-refractivity contribution in [3.63, 3.8) is 0 Å². The van der Waals surface area contributed by atoms with Crippen LogP contribution in [0.1, 0.15) is 59.1 Å². The number of carbonyl (C=O) groups excluding carboxylic acids is 2. The second-order valence-electron chi connectivity index (χ2n) is 9.42. The van der Waals surface area contributed by atoms with Crippen LogP contribution < -0.4 is 0 Å². The zero-order valence-electron chi connectivity index (χ0n) is 20.9. The van der Waals surface area contributed by atoms with Gasteiger partial charge < -0.3 is 14.7 Å². The molecule has 3 atom stereocenters. The summed E-state index contributed by atoms with van der Waals surface area (Å²) in [5.41, 5.74) is 1.29. The highest BCUT2D eigenvalue weighted by Crippen LogP contribution is 2.34. The highest BCUT2D eigenvalue weighted by Gasteiger charge is 2.52. The number of carbonyl (C=O) groups is 2. The lowest BCUT2D eigenvalue weighted by atomic mass is 9.95. The Balaban J connectivity index is 1.48. The first kappa shape index (κ1) is 28.0. The van der Waals surface area contributed by atoms with E-state index in [1.165, 1.54) is 28.9 Å². The van der Waals surface area contributed by atoms with E-state index in [4.69, 9.17) is 4.74 Å². The van der Waals surface area contributed by atoms with E-state index in [1.54, 1.807) is 18.2 Å². The largest absolute Gasteiger partial charge is 0.465 e. The number of aliphatic hydroxyl groups is 1. The zero-order valence-corrected chi connectivity index (χ0v) is 21.7. The van der Waals surface area contributed by atoms with Gasteiger partial charge in [0.2, 0.25) is 0 Å². The fourth-order valence-corrected chi connectivity index (χ4v) is 5.42. The van der Waals surface area contributed by atoms with Gasteiger partial charge in [0.25, 0.3) is 5.91 Å². The van der Waals surface area contributed by atoms with Crippen LogP contribution in [-0.2, 0) is 22.4 Å². The van der Waals surface area contributed by atoms with Crippen LogP contribution in [0.3, 0.4) is 0 Å². The second kappa shape index (κ2) is 13.1. The van der Waals surface area contributed by atoms with Crippen LogP contribution in [-0.4, -0.2) is 53.6 Å². The lowest BCUT2D eigenvalue weighted by Crippen LogP contribution is -2.36. The zero-order chi connectivity index (χ0) is 26.1. The molecule has 1 aromatic carbocycles. The quantitative estimate of drug-likeness (QED) is 0.210. The smallest absolute Gasteiger partial charge is 0.348 e. The number of ether oxygens (including phenoxy) is 1. The maximum Gasteiger partial charge on any atom is 0.348 e. The van der Waals surface area contributed by atoms with Gasteiger partial charge in [-0.1, -0.05) is 55.8 Å². The standard InChI is InChI=1S/C28H35F2NO4S/c1-20(9-6-7-12-21-10-4-3-5-11-21)24(32)16-14-22-19-28(29,30)27(34)31(22)18-8-13-23-15-17-25(36-23)26(33)35-2/h3-5,10-11,14-17,20,22,24,32H,6-9,12-13,18-19H2,1-2H3/b16-14+/t20-,22-,24-/m0/s1. The first-order chi connectivity index (χ1) is 17.2. The molecule has 0 radical (unpaired) electrons. The molecule has 1 aliphatic heterocycles. The number of likely N-dealkylation sites (tertiary alicyclic amines) is 1. The summed E-state index contributed by atoms with van der Waals surface area (Å²) in [6, 6.07) is 13.0. The summed E-state index contributed by atoms with van der Waals surface area (Å²) in [7, 11) is 1.32. The Morgan fingerprint density at radius 2 is 1.94 bits per heavy atom. The number of aliphatic hydroxyl groups excluding tert-OH is 1. The predicted octanol–water partition coefficient (Wildman–Crippen LogP) is 5.67. The van der Waals surface area contributed by atoms with E-state index in [1.807, 2.05) is 31.2 Å². The van der Waals surface area contributed by atoms with Crippen LogP contribution in [0.15, 0.2) is 54.6 Å². The van der Waals surface area contributed by atoms with E-state index in [-0.39, 0.29) is 12.5 Å². The summed E-state index contributed by atoms with van der Waals surface area (Å²) in [5, 5.41) is 10.6. The number of nitrogens with zero attached hydrogens (tertiary/aromatic N) is 1. The number of amides is 1. The number of benzene rings is 1. The molecule has 196 valence electrons. The van der Waals surface area contributed by atoms with Gasteiger partial charge in [-0.2, -0.15) is 8.78 Å². The summed E-state index contributed by atoms with van der Waals surface area (Å²) in [6.07, 6.45) is 6.66. The minimum Gasteiger partial charge on any atom is -0.465 e. The van der Waals surface area contributed by atoms with Crippen molar-refractivity contribution in [3.05, 3.63) is 69.9 Å². The maximum absolute atomic E-state index is 14.2. The number of alkyl halides is 2. The third-order valence-electron chi connectivity index (χ3n) is 6.64. The van der Waals surface area contributed by atoms with Crippen LogP contribution in [0.2, 0.25) is 0 Å². The van der Waals surface area contributed by atoms with E-state index in [9.17, 15) is 23.5 Å². The lowest BCUT2D eigenvalue weighted by Gasteiger charge is -2.22. The van der Waals surface area contributed by atoms with E-state index < -0.39 is 36.4 Å². The van der Waals surface area contributed by atoms with E-state index in [0.29, 0.717) is 17.7 Å². The highest BCUT2D eigenvalue weighted by molar-refractivity contribution is 7.13. The SMILES string of the molecule is COC(=O)c1ccc(CCCN2C(=O)C(F)(F)C[C@@H]2/C=C/[C@H](O)[C@@H](C)CCCCc2ccccc2)s1. The molecular weight excluding hydrogens is 484 g/mol. The molecule has 0 bridgehead atoms. The topological polar surface area (TPSA) is 66.8 Å². The maximum atomic E-state index is 14.2. The van der Waals surface area contributed by atoms with Crippen molar-refractivity contribution in [2.24, 2.45) is 5.92 Å². The predicted molar refractivity (Wildman–Crippen MR) is 137 cm³/mol. The van der Waals surface area contributed by atoms with Gasteiger partial charge in [0, 0.05) is 17.8 Å². The molecule has 1 aromatic heterocycles. The molecule has 3 rings (SSSR count). The molecule has 1 N–H and O–H groups in total. The average Bonchev–Trinajstić information content (AvgIpc) is 3.43. The first-order valence-electron chi connectivity index (χ1n) is 12.5. The van der Waals surface area contributed by atoms with Gasteiger partial charge in [-0.15, -0.1) is 11.3 Å². The molecule has 5 nitrogen and oxygen atoms in total. The van der Waals surface area contributed by atoms with Crippen molar-refractivity contribution < 1.29 is 28.2 Å². The van der Waals surface area contributed by atoms with Crippen LogP contribution in [0.4, 0.5) is 8.78 Å². The van der Waals surface area contributed by atoms with Crippen molar-refractivity contribution in [2.75, 3.05) is 13.7 Å². The molecule has 2 heterocycles. The Labute approximate surface area is 215 Å². The molecule has 1 amide bonds. The molecule has 0 aliphatic carbocycles. The molecule has 0 spiro atoms. The number of halogens is 2. The van der Waals surface area contributed by atoms with Gasteiger partial charge in [0.1, 0.15) is 4.88 Å². The van der Waals surface area contributed by atoms with Crippen LogP contribution >= 0.6 is 11.3 Å². The molecular formula is C28H35F2NO4S. The number of hydrogen-bond acceptors (Lipinski definition) is 5. The summed E-state index contributed by atoms with van der Waals surface area (Å²) in [4.78, 5) is 26.5. The second-order valence-corrected chi connectivity index (χ2v) is 10.6. The first-order valence-corrected chi connectivity index (χ1v) is 13.3. The number of hydrogen-bond donors (Lipinski definition) is 1. The normalized spacial score (nSPS) is 19.1. The summed E-state index contributed by atoms with van der Waals surface area (Å²) < 4.78 is 33.1. The summed E-state index contributed by atoms with van der Waals surface area (Å²) in [5.74, 6) is -4.98. The van der Waals surface area contributed by atoms with Gasteiger partial charge >= 0.3 is 11.9 Å². The van der Waals surface area contributed by atoms with Crippen LogP contribution in [0, 0.1) is 5.92 Å². The highest BCUT2D eigenvalue weighted by atomic mass is 32.1. The molecule has 8 heteroatoms. The van der Waals surface area contributed by atoms with E-state index in [0.717, 1.165) is 30.6 Å². The number of aryl methyl sites for hydroxylation is 2. The van der Waals surface area contributed by atoms with Gasteiger partial charge in [0.05, 0.1) is 19.3 Å². The van der Waals surface area contributed by atoms with Crippen molar-refractivity contribution in [2.45, 2.75) is 69.9 Å². The van der Waals surface area contributed by atoms with Gasteiger partial charge in [-0.25, -0.2) is 4.79 Å². The molecule has 1 aliphatic rings. The monoisotopic (exact) mass is 519 g/mol. The Morgan fingerprint density at radius 3 is 2.67 bits per heavy atom. The Kier molecular flexibility index (Phi) is 10.2. The number of methoxy groups -OCH3 is 1. The number of unbranched alkanes of at least 4 members (excludes halogenated alkanes) is 1. The summed E-state index contributed by atoms with van der Waals surface area (Å²) >= 11 is 1.30. The van der Waals surface area contributed by atoms with Crippen molar-refractivity contribution >= 4 is 23.2 Å². The third kappa shape index (κ3) is 7.71. The van der Waals surface area contributed by atoms with Crippen molar-refractivity contribution in [1.82, 2.24) is 4.90 Å². The summed E-state index contributed by atoms with van der Waals surface area (Å²) in [6.45, 7) is 2.13. The lowest BCUT2D eigenvalue weighted by molar-refractivity contribution is -0.148. The Morgan fingerprint density at radius 1 is 1.19 bits per heavy atom. The van der Waals surface area contributed by atoms with E-state index >= 15 is 0 Å². The minimum atomic E-state index is -3.40. The van der Waals surface area contributed by atoms with Crippen LogP contribution in [0.5, 0.6) is 0 Å². The van der Waals surface area contributed by atoms with E-state index in [2.05, 4.69) is 12.1 Å². The average molecular weight is 520 g/mol. The van der Waals surface area contributed by atoms with Crippen molar-refractivity contribution in [3.8, 4) is 0 Å². The molecule has 1 fully saturated rings. The fourth-order valence-electron chi connectivity index (χ4n) is 4.45. The van der Waals surface area contributed by atoms with Gasteiger partial charge in [-0.3, -0.25) is 4.79 Å².